The fourth-order valence-corrected chi connectivity index (χ4v) is 5.72. The van der Waals surface area contributed by atoms with E-state index in [1.54, 1.807) is 22.7 Å². The van der Waals surface area contributed by atoms with Crippen molar-refractivity contribution in [1.29, 1.82) is 0 Å². The van der Waals surface area contributed by atoms with Crippen LogP contribution in [0, 0.1) is 0 Å². The number of halogens is 1. The van der Waals surface area contributed by atoms with Crippen molar-refractivity contribution in [1.82, 2.24) is 9.88 Å². The molecule has 3 nitrogen and oxygen atoms in total. The molecule has 6 heteroatoms. The van der Waals surface area contributed by atoms with E-state index >= 15 is 0 Å². The van der Waals surface area contributed by atoms with Crippen LogP contribution in [0.4, 0.5) is 5.00 Å². The van der Waals surface area contributed by atoms with Gasteiger partial charge in [-0.15, -0.1) is 22.7 Å². The number of hydrogen-bond acceptors (Lipinski definition) is 5. The Morgan fingerprint density at radius 1 is 1.30 bits per heavy atom. The number of anilines is 1. The summed E-state index contributed by atoms with van der Waals surface area (Å²) in [5.41, 5.74) is 10.0. The van der Waals surface area contributed by atoms with Gasteiger partial charge < -0.3 is 5.73 Å². The van der Waals surface area contributed by atoms with Crippen LogP contribution in [0.3, 0.4) is 0 Å². The van der Waals surface area contributed by atoms with Gasteiger partial charge in [0, 0.05) is 34.0 Å². The first-order valence-electron chi connectivity index (χ1n) is 7.73. The molecule has 0 spiro atoms. The summed E-state index contributed by atoms with van der Waals surface area (Å²) in [5, 5.41) is 1.98. The average Bonchev–Trinajstić information content (AvgIpc) is 3.04. The monoisotopic (exact) mass is 407 g/mol. The number of nitrogen functional groups attached to an aromatic ring is 1. The van der Waals surface area contributed by atoms with E-state index in [0.717, 1.165) is 39.5 Å². The van der Waals surface area contributed by atoms with E-state index in [1.807, 2.05) is 0 Å². The molecule has 0 amide bonds. The molecule has 4 rings (SSSR count). The molecule has 0 saturated heterocycles. The molecule has 0 aliphatic carbocycles. The lowest BCUT2D eigenvalue weighted by Gasteiger charge is -2.30. The van der Waals surface area contributed by atoms with E-state index in [2.05, 4.69) is 52.9 Å². The van der Waals surface area contributed by atoms with Crippen LogP contribution in [0.25, 0.3) is 20.8 Å². The molecule has 0 unspecified atom stereocenters. The van der Waals surface area contributed by atoms with Crippen LogP contribution < -0.4 is 5.73 Å². The highest BCUT2D eigenvalue weighted by atomic mass is 79.9. The summed E-state index contributed by atoms with van der Waals surface area (Å²) in [6.45, 7) is 6.63. The largest absolute Gasteiger partial charge is 0.390 e. The maximum atomic E-state index is 6.38. The first kappa shape index (κ1) is 15.6. The number of rotatable bonds is 2. The second-order valence-electron chi connectivity index (χ2n) is 6.19. The normalized spacial score (nSPS) is 15.5. The van der Waals surface area contributed by atoms with Crippen LogP contribution in [0.5, 0.6) is 0 Å². The van der Waals surface area contributed by atoms with Crippen LogP contribution in [-0.2, 0) is 13.0 Å². The standard InChI is InChI=1S/C17H18BrN3S2/c1-9(2)21-6-5-11-14(8-21)22-16(19)15(11)17-20-12-7-10(18)3-4-13(12)23-17/h3-4,7,9H,5-6,8,19H2,1-2H3. The van der Waals surface area contributed by atoms with E-state index in [-0.39, 0.29) is 0 Å². The molecule has 0 fully saturated rings. The van der Waals surface area contributed by atoms with Crippen molar-refractivity contribution in [2.24, 2.45) is 0 Å². The van der Waals surface area contributed by atoms with Crippen molar-refractivity contribution >= 4 is 53.8 Å². The van der Waals surface area contributed by atoms with E-state index in [4.69, 9.17) is 10.7 Å². The second kappa shape index (κ2) is 5.84. The first-order valence-corrected chi connectivity index (χ1v) is 10.2. The zero-order valence-corrected chi connectivity index (χ0v) is 16.3. The van der Waals surface area contributed by atoms with Crippen LogP contribution in [0.1, 0.15) is 24.3 Å². The van der Waals surface area contributed by atoms with Gasteiger partial charge in [0.1, 0.15) is 5.01 Å². The van der Waals surface area contributed by atoms with Gasteiger partial charge >= 0.3 is 0 Å². The Morgan fingerprint density at radius 2 is 2.13 bits per heavy atom. The number of benzene rings is 1. The van der Waals surface area contributed by atoms with Crippen LogP contribution in [0.15, 0.2) is 22.7 Å². The molecular formula is C17H18BrN3S2. The molecular weight excluding hydrogens is 390 g/mol. The van der Waals surface area contributed by atoms with E-state index in [9.17, 15) is 0 Å². The lowest BCUT2D eigenvalue weighted by molar-refractivity contribution is 0.206. The number of thiazole rings is 1. The number of thiophene rings is 1. The summed E-state index contributed by atoms with van der Waals surface area (Å²) in [5.74, 6) is 0. The molecule has 2 N–H and O–H groups in total. The lowest BCUT2D eigenvalue weighted by atomic mass is 10.0. The Kier molecular flexibility index (Phi) is 3.96. The van der Waals surface area contributed by atoms with Crippen molar-refractivity contribution in [3.05, 3.63) is 33.1 Å². The third-order valence-electron chi connectivity index (χ3n) is 4.41. The van der Waals surface area contributed by atoms with Crippen molar-refractivity contribution < 1.29 is 0 Å². The maximum Gasteiger partial charge on any atom is 0.127 e. The quantitative estimate of drug-likeness (QED) is 0.639. The van der Waals surface area contributed by atoms with Gasteiger partial charge in [-0.05, 0) is 44.0 Å². The molecule has 120 valence electrons. The SMILES string of the molecule is CC(C)N1CCc2c(sc(N)c2-c2nc3cc(Br)ccc3s2)C1. The molecule has 0 atom stereocenters. The minimum atomic E-state index is 0.578. The lowest BCUT2D eigenvalue weighted by Crippen LogP contribution is -2.35. The molecule has 1 aromatic carbocycles. The van der Waals surface area contributed by atoms with Gasteiger partial charge in [0.15, 0.2) is 0 Å². The van der Waals surface area contributed by atoms with Crippen LogP contribution in [0.2, 0.25) is 0 Å². The third-order valence-corrected chi connectivity index (χ3v) is 7.00. The van der Waals surface area contributed by atoms with Gasteiger partial charge in [-0.3, -0.25) is 4.90 Å². The summed E-state index contributed by atoms with van der Waals surface area (Å²) in [6.07, 6.45) is 1.07. The Balaban J connectivity index is 1.80. The van der Waals surface area contributed by atoms with Crippen LogP contribution in [-0.4, -0.2) is 22.5 Å². The topological polar surface area (TPSA) is 42.1 Å². The fourth-order valence-electron chi connectivity index (χ4n) is 3.13. The summed E-state index contributed by atoms with van der Waals surface area (Å²) >= 11 is 7.00. The molecule has 3 heterocycles. The number of hydrogen-bond donors (Lipinski definition) is 1. The first-order chi connectivity index (χ1) is 11.0. The Hall–Kier alpha value is -0.950. The van der Waals surface area contributed by atoms with Crippen molar-refractivity contribution in [2.45, 2.75) is 32.9 Å². The third kappa shape index (κ3) is 2.71. The zero-order chi connectivity index (χ0) is 16.1. The number of fused-ring (bicyclic) bond motifs is 2. The van der Waals surface area contributed by atoms with Gasteiger partial charge in [-0.25, -0.2) is 4.98 Å². The van der Waals surface area contributed by atoms with Crippen molar-refractivity contribution in [2.75, 3.05) is 12.3 Å². The van der Waals surface area contributed by atoms with Gasteiger partial charge in [0.25, 0.3) is 0 Å². The smallest absolute Gasteiger partial charge is 0.127 e. The maximum absolute atomic E-state index is 6.38. The molecule has 0 bridgehead atoms. The van der Waals surface area contributed by atoms with Gasteiger partial charge in [-0.2, -0.15) is 0 Å². The molecule has 0 radical (unpaired) electrons. The zero-order valence-electron chi connectivity index (χ0n) is 13.1. The minimum Gasteiger partial charge on any atom is -0.390 e. The van der Waals surface area contributed by atoms with Crippen LogP contribution >= 0.6 is 38.6 Å². The minimum absolute atomic E-state index is 0.578. The molecule has 1 aliphatic rings. The Morgan fingerprint density at radius 3 is 2.91 bits per heavy atom. The van der Waals surface area contributed by atoms with Gasteiger partial charge in [0.2, 0.25) is 0 Å². The Labute approximate surface area is 152 Å². The van der Waals surface area contributed by atoms with E-state index in [1.165, 1.54) is 20.7 Å². The van der Waals surface area contributed by atoms with Crippen molar-refractivity contribution in [3.8, 4) is 10.6 Å². The molecule has 0 saturated carbocycles. The summed E-state index contributed by atoms with van der Waals surface area (Å²) < 4.78 is 2.27. The van der Waals surface area contributed by atoms with E-state index < -0.39 is 0 Å². The highest BCUT2D eigenvalue weighted by Crippen LogP contribution is 2.44. The summed E-state index contributed by atoms with van der Waals surface area (Å²) in [4.78, 5) is 8.77. The fraction of sp³-hybridized carbons (Fsp3) is 0.353. The number of nitrogens with zero attached hydrogens (tertiary/aromatic N) is 2. The Bertz CT molecular complexity index is 881. The second-order valence-corrected chi connectivity index (χ2v) is 9.27. The number of aromatic nitrogens is 1. The van der Waals surface area contributed by atoms with Gasteiger partial charge in [-0.1, -0.05) is 15.9 Å². The van der Waals surface area contributed by atoms with E-state index in [0.29, 0.717) is 6.04 Å². The summed E-state index contributed by atoms with van der Waals surface area (Å²) in [6, 6.07) is 6.84. The highest BCUT2D eigenvalue weighted by Gasteiger charge is 2.26. The molecule has 3 aromatic rings. The van der Waals surface area contributed by atoms with Crippen molar-refractivity contribution in [3.63, 3.8) is 0 Å². The van der Waals surface area contributed by atoms with Gasteiger partial charge in [0.05, 0.1) is 15.2 Å². The molecule has 23 heavy (non-hydrogen) atoms. The summed E-state index contributed by atoms with van der Waals surface area (Å²) in [7, 11) is 0. The predicted molar refractivity (Wildman–Crippen MR) is 104 cm³/mol. The predicted octanol–water partition coefficient (Wildman–Crippen LogP) is 5.14. The molecule has 2 aromatic heterocycles. The highest BCUT2D eigenvalue weighted by molar-refractivity contribution is 9.10. The molecule has 1 aliphatic heterocycles. The average molecular weight is 408 g/mol. The number of nitrogens with two attached hydrogens (primary N) is 1.